The molecule has 0 spiro atoms. The first-order chi connectivity index (χ1) is 14.0. The second kappa shape index (κ2) is 8.13. The maximum atomic E-state index is 12.7. The number of carbonyl (C=O) groups is 2. The Morgan fingerprint density at radius 3 is 2.79 bits per heavy atom. The maximum Gasteiger partial charge on any atom is 0.229 e. The largest absolute Gasteiger partial charge is 0.339 e. The van der Waals surface area contributed by atoms with Gasteiger partial charge in [0.05, 0.1) is 17.3 Å². The highest BCUT2D eigenvalue weighted by Crippen LogP contribution is 2.29. The third-order valence-corrected chi connectivity index (χ3v) is 5.83. The number of anilines is 1. The number of benzene rings is 1. The molecule has 1 aromatic carbocycles. The van der Waals surface area contributed by atoms with Crippen molar-refractivity contribution in [1.29, 1.82) is 0 Å². The Morgan fingerprint density at radius 2 is 2.07 bits per heavy atom. The summed E-state index contributed by atoms with van der Waals surface area (Å²) >= 11 is 1.54. The Labute approximate surface area is 173 Å². The van der Waals surface area contributed by atoms with Gasteiger partial charge < -0.3 is 10.2 Å². The highest BCUT2D eigenvalue weighted by molar-refractivity contribution is 7.13. The summed E-state index contributed by atoms with van der Waals surface area (Å²) in [6.45, 7) is 4.41. The molecule has 3 heterocycles. The summed E-state index contributed by atoms with van der Waals surface area (Å²) in [5, 5.41) is 5.80. The number of aromatic nitrogens is 2. The van der Waals surface area contributed by atoms with Crippen LogP contribution in [0.5, 0.6) is 0 Å². The van der Waals surface area contributed by atoms with Crippen LogP contribution in [-0.4, -0.2) is 39.3 Å². The van der Waals surface area contributed by atoms with E-state index in [2.05, 4.69) is 15.3 Å². The van der Waals surface area contributed by atoms with E-state index in [0.29, 0.717) is 12.2 Å². The molecule has 1 N–H and O–H groups in total. The van der Waals surface area contributed by atoms with Gasteiger partial charge in [0, 0.05) is 41.8 Å². The highest BCUT2D eigenvalue weighted by atomic mass is 32.1. The molecular weight excluding hydrogens is 384 g/mol. The van der Waals surface area contributed by atoms with Crippen LogP contribution in [0.15, 0.2) is 54.0 Å². The van der Waals surface area contributed by atoms with Crippen LogP contribution < -0.4 is 5.32 Å². The SMILES string of the molecule is CC(C)N1CC(C(=O)Nc2cccc(-c3csc(-c4ccccn4)n3)c2)CC1=O. The summed E-state index contributed by atoms with van der Waals surface area (Å²) in [7, 11) is 0. The standard InChI is InChI=1S/C22H22N4O2S/c1-14(2)26-12-16(11-20(26)27)21(28)24-17-7-5-6-15(10-17)19-13-29-22(25-19)18-8-3-4-9-23-18/h3-10,13-14,16H,11-12H2,1-2H3,(H,24,28). The average Bonchev–Trinajstić information content (AvgIpc) is 3.36. The molecule has 1 atom stereocenters. The van der Waals surface area contributed by atoms with Crippen LogP contribution in [0.2, 0.25) is 0 Å². The quantitative estimate of drug-likeness (QED) is 0.693. The van der Waals surface area contributed by atoms with E-state index in [9.17, 15) is 9.59 Å². The molecule has 0 radical (unpaired) electrons. The van der Waals surface area contributed by atoms with Crippen molar-refractivity contribution in [3.63, 3.8) is 0 Å². The molecular formula is C22H22N4O2S. The van der Waals surface area contributed by atoms with Gasteiger partial charge >= 0.3 is 0 Å². The van der Waals surface area contributed by atoms with Gasteiger partial charge in [-0.25, -0.2) is 4.98 Å². The summed E-state index contributed by atoms with van der Waals surface area (Å²) in [5.74, 6) is -0.395. The lowest BCUT2D eigenvalue weighted by molar-refractivity contribution is -0.129. The van der Waals surface area contributed by atoms with Crippen molar-refractivity contribution in [2.45, 2.75) is 26.3 Å². The van der Waals surface area contributed by atoms with Crippen molar-refractivity contribution < 1.29 is 9.59 Å². The van der Waals surface area contributed by atoms with Gasteiger partial charge in [0.1, 0.15) is 5.01 Å². The lowest BCUT2D eigenvalue weighted by Gasteiger charge is -2.20. The fourth-order valence-corrected chi connectivity index (χ4v) is 4.22. The molecule has 6 nitrogen and oxygen atoms in total. The molecule has 1 unspecified atom stereocenters. The molecule has 3 aromatic rings. The second-order valence-corrected chi connectivity index (χ2v) is 8.22. The molecule has 0 aliphatic carbocycles. The second-order valence-electron chi connectivity index (χ2n) is 7.36. The van der Waals surface area contributed by atoms with E-state index in [4.69, 9.17) is 0 Å². The van der Waals surface area contributed by atoms with E-state index in [1.54, 1.807) is 11.1 Å². The summed E-state index contributed by atoms with van der Waals surface area (Å²) in [6.07, 6.45) is 2.02. The molecule has 29 heavy (non-hydrogen) atoms. The number of thiazole rings is 1. The normalized spacial score (nSPS) is 16.4. The zero-order valence-corrected chi connectivity index (χ0v) is 17.1. The highest BCUT2D eigenvalue weighted by Gasteiger charge is 2.35. The smallest absolute Gasteiger partial charge is 0.229 e. The number of amides is 2. The van der Waals surface area contributed by atoms with Crippen LogP contribution >= 0.6 is 11.3 Å². The van der Waals surface area contributed by atoms with Crippen molar-refractivity contribution in [1.82, 2.24) is 14.9 Å². The third-order valence-electron chi connectivity index (χ3n) is 4.97. The van der Waals surface area contributed by atoms with Crippen molar-refractivity contribution in [3.05, 3.63) is 54.0 Å². The van der Waals surface area contributed by atoms with Gasteiger partial charge in [-0.05, 0) is 38.1 Å². The van der Waals surface area contributed by atoms with Crippen molar-refractivity contribution >= 4 is 28.8 Å². The molecule has 2 amide bonds. The number of likely N-dealkylation sites (tertiary alicyclic amines) is 1. The first-order valence-corrected chi connectivity index (χ1v) is 10.5. The number of nitrogens with zero attached hydrogens (tertiary/aromatic N) is 3. The van der Waals surface area contributed by atoms with Gasteiger partial charge in [-0.15, -0.1) is 11.3 Å². The van der Waals surface area contributed by atoms with E-state index in [0.717, 1.165) is 22.0 Å². The molecule has 0 saturated carbocycles. The van der Waals surface area contributed by atoms with Gasteiger partial charge in [-0.2, -0.15) is 0 Å². The molecule has 1 aliphatic heterocycles. The topological polar surface area (TPSA) is 75.2 Å². The minimum absolute atomic E-state index is 0.0402. The maximum absolute atomic E-state index is 12.7. The minimum Gasteiger partial charge on any atom is -0.339 e. The fourth-order valence-electron chi connectivity index (χ4n) is 3.42. The van der Waals surface area contributed by atoms with Crippen molar-refractivity contribution in [2.24, 2.45) is 5.92 Å². The predicted molar refractivity (Wildman–Crippen MR) is 114 cm³/mol. The van der Waals surface area contributed by atoms with E-state index >= 15 is 0 Å². The number of hydrogen-bond acceptors (Lipinski definition) is 5. The molecule has 7 heteroatoms. The Balaban J connectivity index is 1.48. The minimum atomic E-state index is -0.316. The summed E-state index contributed by atoms with van der Waals surface area (Å²) in [6, 6.07) is 13.5. The van der Waals surface area contributed by atoms with Gasteiger partial charge in [0.2, 0.25) is 11.8 Å². The van der Waals surface area contributed by atoms with Gasteiger partial charge in [-0.1, -0.05) is 18.2 Å². The Hall–Kier alpha value is -3.06. The fraction of sp³-hybridized carbons (Fsp3) is 0.273. The zero-order valence-electron chi connectivity index (χ0n) is 16.3. The number of carbonyl (C=O) groups excluding carboxylic acids is 2. The molecule has 1 fully saturated rings. The number of pyridine rings is 1. The number of rotatable bonds is 5. The molecule has 4 rings (SSSR count). The molecule has 0 bridgehead atoms. The van der Waals surface area contributed by atoms with Crippen LogP contribution in [0, 0.1) is 5.92 Å². The Morgan fingerprint density at radius 1 is 1.21 bits per heavy atom. The molecule has 1 saturated heterocycles. The van der Waals surface area contributed by atoms with Crippen LogP contribution in [-0.2, 0) is 9.59 Å². The molecule has 1 aliphatic rings. The van der Waals surface area contributed by atoms with Gasteiger partial charge in [0.15, 0.2) is 0 Å². The number of hydrogen-bond donors (Lipinski definition) is 1. The average molecular weight is 407 g/mol. The molecule has 2 aromatic heterocycles. The van der Waals surface area contributed by atoms with E-state index in [-0.39, 0.29) is 30.2 Å². The van der Waals surface area contributed by atoms with Gasteiger partial charge in [0.25, 0.3) is 0 Å². The molecule has 148 valence electrons. The third kappa shape index (κ3) is 4.19. The summed E-state index contributed by atoms with van der Waals surface area (Å²) in [5.41, 5.74) is 3.31. The van der Waals surface area contributed by atoms with E-state index in [1.807, 2.05) is 61.7 Å². The lowest BCUT2D eigenvalue weighted by atomic mass is 10.1. The number of nitrogens with one attached hydrogen (secondary N) is 1. The zero-order chi connectivity index (χ0) is 20.4. The van der Waals surface area contributed by atoms with Crippen LogP contribution in [0.25, 0.3) is 22.0 Å². The summed E-state index contributed by atoms with van der Waals surface area (Å²) in [4.78, 5) is 35.5. The first kappa shape index (κ1) is 19.3. The van der Waals surface area contributed by atoms with Crippen LogP contribution in [0.1, 0.15) is 20.3 Å². The Kier molecular flexibility index (Phi) is 5.40. The van der Waals surface area contributed by atoms with E-state index in [1.165, 1.54) is 11.3 Å². The summed E-state index contributed by atoms with van der Waals surface area (Å²) < 4.78 is 0. The first-order valence-electron chi connectivity index (χ1n) is 9.59. The van der Waals surface area contributed by atoms with Crippen LogP contribution in [0.3, 0.4) is 0 Å². The van der Waals surface area contributed by atoms with Crippen molar-refractivity contribution in [3.8, 4) is 22.0 Å². The van der Waals surface area contributed by atoms with Crippen LogP contribution in [0.4, 0.5) is 5.69 Å². The van der Waals surface area contributed by atoms with E-state index < -0.39 is 0 Å². The van der Waals surface area contributed by atoms with Gasteiger partial charge in [-0.3, -0.25) is 14.6 Å². The lowest BCUT2D eigenvalue weighted by Crippen LogP contribution is -2.33. The van der Waals surface area contributed by atoms with Crippen molar-refractivity contribution in [2.75, 3.05) is 11.9 Å². The monoisotopic (exact) mass is 406 g/mol. The predicted octanol–water partition coefficient (Wildman–Crippen LogP) is 4.07. The Bertz CT molecular complexity index is 1030.